The van der Waals surface area contributed by atoms with Crippen LogP contribution < -0.4 is 16.2 Å². The number of rotatable bonds is 7. The Balaban J connectivity index is 1.27. The minimum Gasteiger partial charge on any atom is -0.381 e. The van der Waals surface area contributed by atoms with Gasteiger partial charge in [-0.1, -0.05) is 6.58 Å². The van der Waals surface area contributed by atoms with Crippen molar-refractivity contribution in [2.45, 2.75) is 90.3 Å². The van der Waals surface area contributed by atoms with Crippen LogP contribution in [0.25, 0.3) is 11.0 Å². The first kappa shape index (κ1) is 28.7. The molecule has 0 radical (unpaired) electrons. The lowest BCUT2D eigenvalue weighted by Gasteiger charge is -2.54. The minimum atomic E-state index is -0.187. The molecule has 0 aromatic carbocycles. The molecular weight excluding hydrogens is 504 g/mol. The van der Waals surface area contributed by atoms with E-state index < -0.39 is 0 Å². The van der Waals surface area contributed by atoms with E-state index in [0.717, 1.165) is 57.2 Å². The number of pyridine rings is 1. The van der Waals surface area contributed by atoms with Gasteiger partial charge in [-0.05, 0) is 102 Å². The second kappa shape index (κ2) is 11.6. The Bertz CT molecular complexity index is 1270. The SMILES string of the molecule is C=CC(=O)N1CCC(C2(C3CCC(C(C)(C)Nc4ncc5ccc(=O)n(C(C)C)c5n4)CC3)CCOCC2)NC1. The number of carbonyl (C=O) groups is 1. The van der Waals surface area contributed by atoms with Gasteiger partial charge in [0.1, 0.15) is 5.65 Å². The number of hydrogen-bond acceptors (Lipinski definition) is 7. The van der Waals surface area contributed by atoms with Crippen LogP contribution in [-0.4, -0.2) is 63.4 Å². The monoisotopic (exact) mass is 550 g/mol. The highest BCUT2D eigenvalue weighted by atomic mass is 16.5. The number of anilines is 1. The van der Waals surface area contributed by atoms with Gasteiger partial charge in [-0.3, -0.25) is 19.5 Å². The summed E-state index contributed by atoms with van der Waals surface area (Å²) in [4.78, 5) is 35.9. The summed E-state index contributed by atoms with van der Waals surface area (Å²) in [5.41, 5.74) is 0.661. The van der Waals surface area contributed by atoms with Gasteiger partial charge in [0, 0.05) is 55.0 Å². The molecule has 0 bridgehead atoms. The zero-order valence-corrected chi connectivity index (χ0v) is 24.6. The molecular formula is C31H46N6O3. The standard InChI is InChI=1S/C31H46N6O3/c1-6-26(38)36-16-13-25(33-20-36)31(14-17-40-18-15-31)24-10-8-23(9-11-24)30(4,5)35-29-32-19-22-7-12-27(39)37(21(2)3)28(22)34-29/h6-7,12,19,21,23-25,33H,1,8-11,13-18,20H2,2-5H3,(H,32,34,35). The first-order valence-electron chi connectivity index (χ1n) is 15.0. The highest BCUT2D eigenvalue weighted by molar-refractivity contribution is 5.87. The number of nitrogens with one attached hydrogen (secondary N) is 2. The summed E-state index contributed by atoms with van der Waals surface area (Å²) in [6, 6.07) is 3.81. The number of nitrogens with zero attached hydrogens (tertiary/aromatic N) is 4. The summed E-state index contributed by atoms with van der Waals surface area (Å²) in [5, 5.41) is 8.25. The predicted molar refractivity (Wildman–Crippen MR) is 158 cm³/mol. The highest BCUT2D eigenvalue weighted by Gasteiger charge is 2.49. The topological polar surface area (TPSA) is 101 Å². The van der Waals surface area contributed by atoms with Gasteiger partial charge >= 0.3 is 0 Å². The van der Waals surface area contributed by atoms with Crippen LogP contribution in [0.15, 0.2) is 35.8 Å². The summed E-state index contributed by atoms with van der Waals surface area (Å²) >= 11 is 0. The fourth-order valence-corrected chi connectivity index (χ4v) is 7.66. The molecule has 40 heavy (non-hydrogen) atoms. The van der Waals surface area contributed by atoms with Crippen LogP contribution >= 0.6 is 0 Å². The van der Waals surface area contributed by atoms with Crippen LogP contribution in [0.1, 0.15) is 78.7 Å². The van der Waals surface area contributed by atoms with Crippen LogP contribution in [-0.2, 0) is 9.53 Å². The van der Waals surface area contributed by atoms with Crippen molar-refractivity contribution in [3.63, 3.8) is 0 Å². The van der Waals surface area contributed by atoms with Crippen LogP contribution in [0.5, 0.6) is 0 Å². The lowest BCUT2D eigenvalue weighted by Crippen LogP contribution is -2.60. The van der Waals surface area contributed by atoms with Crippen LogP contribution in [0.2, 0.25) is 0 Å². The van der Waals surface area contributed by atoms with Crippen LogP contribution in [0.4, 0.5) is 5.95 Å². The fourth-order valence-electron chi connectivity index (χ4n) is 7.66. The van der Waals surface area contributed by atoms with E-state index in [1.54, 1.807) is 16.7 Å². The zero-order chi connectivity index (χ0) is 28.5. The van der Waals surface area contributed by atoms with E-state index in [0.29, 0.717) is 36.1 Å². The van der Waals surface area contributed by atoms with E-state index in [4.69, 9.17) is 9.72 Å². The molecule has 1 atom stereocenters. The van der Waals surface area contributed by atoms with Crippen molar-refractivity contribution in [2.75, 3.05) is 31.7 Å². The van der Waals surface area contributed by atoms with Gasteiger partial charge in [-0.25, -0.2) is 4.98 Å². The maximum absolute atomic E-state index is 12.5. The van der Waals surface area contributed by atoms with E-state index in [9.17, 15) is 9.59 Å². The van der Waals surface area contributed by atoms with Crippen molar-refractivity contribution in [1.29, 1.82) is 0 Å². The average Bonchev–Trinajstić information content (AvgIpc) is 2.96. The molecule has 4 heterocycles. The van der Waals surface area contributed by atoms with E-state index in [1.807, 2.05) is 24.9 Å². The highest BCUT2D eigenvalue weighted by Crippen LogP contribution is 2.51. The Kier molecular flexibility index (Phi) is 8.34. The summed E-state index contributed by atoms with van der Waals surface area (Å²) in [5.74, 6) is 1.71. The predicted octanol–water partition coefficient (Wildman–Crippen LogP) is 4.50. The normalized spacial score (nSPS) is 25.6. The number of fused-ring (bicyclic) bond motifs is 1. The molecule has 218 valence electrons. The third-order valence-corrected chi connectivity index (χ3v) is 10.00. The molecule has 3 fully saturated rings. The molecule has 9 heteroatoms. The summed E-state index contributed by atoms with van der Waals surface area (Å²) in [6.07, 6.45) is 11.0. The molecule has 2 saturated heterocycles. The largest absolute Gasteiger partial charge is 0.381 e. The first-order valence-corrected chi connectivity index (χ1v) is 15.0. The second-order valence-electron chi connectivity index (χ2n) is 12.9. The molecule has 5 rings (SSSR count). The Hall–Kier alpha value is -2.78. The quantitative estimate of drug-likeness (QED) is 0.490. The number of amides is 1. The number of aromatic nitrogens is 3. The maximum atomic E-state index is 12.5. The Morgan fingerprint density at radius 1 is 1.20 bits per heavy atom. The smallest absolute Gasteiger partial charge is 0.252 e. The molecule has 2 aliphatic heterocycles. The molecule has 3 aliphatic rings. The molecule has 9 nitrogen and oxygen atoms in total. The van der Waals surface area contributed by atoms with E-state index >= 15 is 0 Å². The Labute approximate surface area is 237 Å². The number of ether oxygens (including phenoxy) is 1. The molecule has 1 amide bonds. The van der Waals surface area contributed by atoms with Crippen molar-refractivity contribution in [3.05, 3.63) is 41.3 Å². The first-order chi connectivity index (χ1) is 19.1. The van der Waals surface area contributed by atoms with Gasteiger partial charge in [0.2, 0.25) is 11.9 Å². The summed E-state index contributed by atoms with van der Waals surface area (Å²) < 4.78 is 7.57. The van der Waals surface area contributed by atoms with Gasteiger partial charge in [0.15, 0.2) is 0 Å². The molecule has 1 unspecified atom stereocenters. The third kappa shape index (κ3) is 5.55. The van der Waals surface area contributed by atoms with Gasteiger partial charge < -0.3 is 15.0 Å². The third-order valence-electron chi connectivity index (χ3n) is 10.00. The van der Waals surface area contributed by atoms with Crippen molar-refractivity contribution >= 4 is 22.9 Å². The van der Waals surface area contributed by atoms with Crippen molar-refractivity contribution < 1.29 is 9.53 Å². The maximum Gasteiger partial charge on any atom is 0.252 e. The number of carbonyl (C=O) groups excluding carboxylic acids is 1. The molecule has 1 aliphatic carbocycles. The van der Waals surface area contributed by atoms with Gasteiger partial charge in [-0.2, -0.15) is 4.98 Å². The lowest BCUT2D eigenvalue weighted by atomic mass is 9.58. The zero-order valence-electron chi connectivity index (χ0n) is 24.6. The van der Waals surface area contributed by atoms with Gasteiger partial charge in [-0.15, -0.1) is 0 Å². The van der Waals surface area contributed by atoms with Crippen molar-refractivity contribution in [3.8, 4) is 0 Å². The summed E-state index contributed by atoms with van der Waals surface area (Å²) in [7, 11) is 0. The van der Waals surface area contributed by atoms with Crippen LogP contribution in [0.3, 0.4) is 0 Å². The molecule has 0 spiro atoms. The number of hydrogen-bond donors (Lipinski definition) is 2. The second-order valence-corrected chi connectivity index (χ2v) is 12.9. The molecule has 2 aromatic heterocycles. The van der Waals surface area contributed by atoms with E-state index in [2.05, 4.69) is 36.0 Å². The molecule has 1 saturated carbocycles. The summed E-state index contributed by atoms with van der Waals surface area (Å²) in [6.45, 7) is 15.2. The Morgan fingerprint density at radius 2 is 1.93 bits per heavy atom. The van der Waals surface area contributed by atoms with Crippen molar-refractivity contribution in [1.82, 2.24) is 24.8 Å². The van der Waals surface area contributed by atoms with Gasteiger partial charge in [0.05, 0.1) is 6.67 Å². The van der Waals surface area contributed by atoms with E-state index in [-0.39, 0.29) is 28.5 Å². The minimum absolute atomic E-state index is 0.00472. The fraction of sp³-hybridized carbons (Fsp3) is 0.677. The molecule has 2 aromatic rings. The molecule has 2 N–H and O–H groups in total. The Morgan fingerprint density at radius 3 is 2.55 bits per heavy atom. The van der Waals surface area contributed by atoms with E-state index in [1.165, 1.54) is 18.9 Å². The van der Waals surface area contributed by atoms with Crippen molar-refractivity contribution in [2.24, 2.45) is 17.3 Å². The lowest BCUT2D eigenvalue weighted by molar-refractivity contribution is -0.129. The van der Waals surface area contributed by atoms with Gasteiger partial charge in [0.25, 0.3) is 5.56 Å². The average molecular weight is 551 g/mol. The van der Waals surface area contributed by atoms with Crippen LogP contribution in [0, 0.1) is 17.3 Å².